The number of nitrogens with one attached hydrogen (secondary N) is 2. The van der Waals surface area contributed by atoms with Crippen LogP contribution in [0.2, 0.25) is 0 Å². The zero-order valence-corrected chi connectivity index (χ0v) is 13.0. The summed E-state index contributed by atoms with van der Waals surface area (Å²) in [6.07, 6.45) is 3.52. The molecule has 1 aliphatic carbocycles. The molecule has 0 saturated heterocycles. The van der Waals surface area contributed by atoms with E-state index in [2.05, 4.69) is 15.6 Å². The summed E-state index contributed by atoms with van der Waals surface area (Å²) in [5.41, 5.74) is 2.93. The molecule has 5 heteroatoms. The highest BCUT2D eigenvalue weighted by molar-refractivity contribution is 5.98. The van der Waals surface area contributed by atoms with E-state index in [-0.39, 0.29) is 23.6 Å². The SMILES string of the molecule is Cc1ccc(CNC(=O)c2ccnc(C(=O)NC3CC3)c2)cc1. The Hall–Kier alpha value is -2.69. The van der Waals surface area contributed by atoms with Crippen LogP contribution in [0.15, 0.2) is 42.6 Å². The Morgan fingerprint density at radius 2 is 1.87 bits per heavy atom. The van der Waals surface area contributed by atoms with E-state index in [1.807, 2.05) is 31.2 Å². The molecule has 0 radical (unpaired) electrons. The average Bonchev–Trinajstić information content (AvgIpc) is 3.38. The summed E-state index contributed by atoms with van der Waals surface area (Å²) in [6.45, 7) is 2.47. The van der Waals surface area contributed by atoms with Crippen LogP contribution < -0.4 is 10.6 Å². The van der Waals surface area contributed by atoms with Gasteiger partial charge in [-0.05, 0) is 37.5 Å². The van der Waals surface area contributed by atoms with Crippen LogP contribution in [0.4, 0.5) is 0 Å². The molecule has 0 unspecified atom stereocenters. The topological polar surface area (TPSA) is 71.1 Å². The van der Waals surface area contributed by atoms with E-state index in [1.165, 1.54) is 17.8 Å². The van der Waals surface area contributed by atoms with Crippen LogP contribution in [-0.2, 0) is 6.54 Å². The second-order valence-corrected chi connectivity index (χ2v) is 5.85. The van der Waals surface area contributed by atoms with Crippen LogP contribution >= 0.6 is 0 Å². The number of amides is 2. The molecule has 1 aliphatic rings. The van der Waals surface area contributed by atoms with Crippen LogP contribution in [0.5, 0.6) is 0 Å². The maximum atomic E-state index is 12.2. The molecular formula is C18H19N3O2. The number of carbonyl (C=O) groups is 2. The third-order valence-electron chi connectivity index (χ3n) is 3.74. The second kappa shape index (κ2) is 6.60. The largest absolute Gasteiger partial charge is 0.348 e. The fourth-order valence-corrected chi connectivity index (χ4v) is 2.17. The summed E-state index contributed by atoms with van der Waals surface area (Å²) in [5.74, 6) is -0.436. The van der Waals surface area contributed by atoms with Gasteiger partial charge in [-0.1, -0.05) is 29.8 Å². The van der Waals surface area contributed by atoms with Gasteiger partial charge in [-0.3, -0.25) is 14.6 Å². The van der Waals surface area contributed by atoms with Crippen LogP contribution in [0.25, 0.3) is 0 Å². The molecule has 1 saturated carbocycles. The summed E-state index contributed by atoms with van der Waals surface area (Å²) in [5, 5.41) is 5.72. The summed E-state index contributed by atoms with van der Waals surface area (Å²) < 4.78 is 0. The van der Waals surface area contributed by atoms with Crippen LogP contribution in [-0.4, -0.2) is 22.8 Å². The van der Waals surface area contributed by atoms with Gasteiger partial charge in [0, 0.05) is 24.3 Å². The highest BCUT2D eigenvalue weighted by atomic mass is 16.2. The summed E-state index contributed by atoms with van der Waals surface area (Å²) >= 11 is 0. The van der Waals surface area contributed by atoms with Crippen molar-refractivity contribution in [3.63, 3.8) is 0 Å². The van der Waals surface area contributed by atoms with E-state index in [4.69, 9.17) is 0 Å². The third kappa shape index (κ3) is 4.16. The molecule has 23 heavy (non-hydrogen) atoms. The predicted octanol–water partition coefficient (Wildman–Crippen LogP) is 2.21. The molecule has 0 bridgehead atoms. The fourth-order valence-electron chi connectivity index (χ4n) is 2.17. The lowest BCUT2D eigenvalue weighted by Gasteiger charge is -2.07. The van der Waals surface area contributed by atoms with E-state index in [0.29, 0.717) is 12.1 Å². The van der Waals surface area contributed by atoms with Gasteiger partial charge < -0.3 is 10.6 Å². The number of hydrogen-bond donors (Lipinski definition) is 2. The molecule has 0 atom stereocenters. The highest BCUT2D eigenvalue weighted by Gasteiger charge is 2.24. The van der Waals surface area contributed by atoms with E-state index in [0.717, 1.165) is 18.4 Å². The van der Waals surface area contributed by atoms with Crippen molar-refractivity contribution in [2.45, 2.75) is 32.4 Å². The number of benzene rings is 1. The molecule has 118 valence electrons. The molecule has 2 amide bonds. The maximum Gasteiger partial charge on any atom is 0.270 e. The van der Waals surface area contributed by atoms with Gasteiger partial charge in [0.1, 0.15) is 5.69 Å². The van der Waals surface area contributed by atoms with Crippen LogP contribution in [0, 0.1) is 6.92 Å². The molecule has 0 spiro atoms. The summed E-state index contributed by atoms with van der Waals surface area (Å²) in [7, 11) is 0. The smallest absolute Gasteiger partial charge is 0.270 e. The highest BCUT2D eigenvalue weighted by Crippen LogP contribution is 2.19. The van der Waals surface area contributed by atoms with Gasteiger partial charge in [0.2, 0.25) is 0 Å². The molecule has 2 aromatic rings. The predicted molar refractivity (Wildman–Crippen MR) is 87.1 cm³/mol. The lowest BCUT2D eigenvalue weighted by atomic mass is 10.1. The number of aromatic nitrogens is 1. The lowest BCUT2D eigenvalue weighted by molar-refractivity contribution is 0.0946. The Morgan fingerprint density at radius 3 is 2.57 bits per heavy atom. The van der Waals surface area contributed by atoms with E-state index in [9.17, 15) is 9.59 Å². The lowest BCUT2D eigenvalue weighted by Crippen LogP contribution is -2.27. The zero-order valence-electron chi connectivity index (χ0n) is 13.0. The van der Waals surface area contributed by atoms with Gasteiger partial charge in [0.25, 0.3) is 11.8 Å². The number of hydrogen-bond acceptors (Lipinski definition) is 3. The van der Waals surface area contributed by atoms with Gasteiger partial charge >= 0.3 is 0 Å². The fraction of sp³-hybridized carbons (Fsp3) is 0.278. The first-order chi connectivity index (χ1) is 11.1. The molecule has 1 aromatic carbocycles. The number of aryl methyl sites for hydroxylation is 1. The third-order valence-corrected chi connectivity index (χ3v) is 3.74. The van der Waals surface area contributed by atoms with Crippen LogP contribution in [0.1, 0.15) is 44.8 Å². The summed E-state index contributed by atoms with van der Waals surface area (Å²) in [6, 6.07) is 11.4. The minimum atomic E-state index is -0.222. The number of carbonyl (C=O) groups excluding carboxylic acids is 2. The van der Waals surface area contributed by atoms with Crippen molar-refractivity contribution in [1.82, 2.24) is 15.6 Å². The first-order valence-corrected chi connectivity index (χ1v) is 7.72. The Kier molecular flexibility index (Phi) is 4.37. The van der Waals surface area contributed by atoms with Crippen molar-refractivity contribution in [3.05, 3.63) is 65.0 Å². The van der Waals surface area contributed by atoms with Crippen molar-refractivity contribution in [2.24, 2.45) is 0 Å². The standard InChI is InChI=1S/C18H19N3O2/c1-12-2-4-13(5-3-12)11-20-17(22)14-8-9-19-16(10-14)18(23)21-15-6-7-15/h2-5,8-10,15H,6-7,11H2,1H3,(H,20,22)(H,21,23). The van der Waals surface area contributed by atoms with Gasteiger partial charge in [-0.15, -0.1) is 0 Å². The zero-order chi connectivity index (χ0) is 16.2. The monoisotopic (exact) mass is 309 g/mol. The molecule has 5 nitrogen and oxygen atoms in total. The van der Waals surface area contributed by atoms with Gasteiger partial charge in [-0.2, -0.15) is 0 Å². The van der Waals surface area contributed by atoms with Gasteiger partial charge in [-0.25, -0.2) is 0 Å². The van der Waals surface area contributed by atoms with E-state index in [1.54, 1.807) is 6.07 Å². The number of rotatable bonds is 5. The molecule has 0 aliphatic heterocycles. The van der Waals surface area contributed by atoms with E-state index >= 15 is 0 Å². The minimum absolute atomic E-state index is 0.214. The number of nitrogens with zero attached hydrogens (tertiary/aromatic N) is 1. The Morgan fingerprint density at radius 1 is 1.13 bits per heavy atom. The molecule has 1 aromatic heterocycles. The summed E-state index contributed by atoms with van der Waals surface area (Å²) in [4.78, 5) is 28.2. The molecule has 3 rings (SSSR count). The Balaban J connectivity index is 1.62. The van der Waals surface area contributed by atoms with Crippen molar-refractivity contribution in [3.8, 4) is 0 Å². The molecule has 2 N–H and O–H groups in total. The average molecular weight is 309 g/mol. The quantitative estimate of drug-likeness (QED) is 0.889. The first-order valence-electron chi connectivity index (χ1n) is 7.72. The maximum absolute atomic E-state index is 12.2. The van der Waals surface area contributed by atoms with Gasteiger partial charge in [0.15, 0.2) is 0 Å². The molecule has 1 heterocycles. The van der Waals surface area contributed by atoms with Crippen LogP contribution in [0.3, 0.4) is 0 Å². The minimum Gasteiger partial charge on any atom is -0.348 e. The van der Waals surface area contributed by atoms with Crippen molar-refractivity contribution < 1.29 is 9.59 Å². The second-order valence-electron chi connectivity index (χ2n) is 5.85. The van der Waals surface area contributed by atoms with Gasteiger partial charge in [0.05, 0.1) is 0 Å². The van der Waals surface area contributed by atoms with E-state index < -0.39 is 0 Å². The first kappa shape index (κ1) is 15.2. The Bertz CT molecular complexity index is 721. The molecular weight excluding hydrogens is 290 g/mol. The Labute approximate surface area is 135 Å². The number of pyridine rings is 1. The van der Waals surface area contributed by atoms with Crippen molar-refractivity contribution in [1.29, 1.82) is 0 Å². The molecule has 1 fully saturated rings. The normalized spacial score (nSPS) is 13.4. The van der Waals surface area contributed by atoms with Crippen molar-refractivity contribution >= 4 is 11.8 Å². The van der Waals surface area contributed by atoms with Crippen molar-refractivity contribution in [2.75, 3.05) is 0 Å².